The average molecular weight is 437 g/mol. The molecule has 1 unspecified atom stereocenters. The predicted molar refractivity (Wildman–Crippen MR) is 131 cm³/mol. The summed E-state index contributed by atoms with van der Waals surface area (Å²) in [4.78, 5) is 2.36. The van der Waals surface area contributed by atoms with Crippen LogP contribution in [-0.2, 0) is 6.54 Å². The fourth-order valence-electron chi connectivity index (χ4n) is 3.09. The van der Waals surface area contributed by atoms with Gasteiger partial charge in [0.2, 0.25) is 0 Å². The van der Waals surface area contributed by atoms with Crippen LogP contribution in [0.1, 0.15) is 44.5 Å². The number of hydrogen-bond acceptors (Lipinski definition) is 2. The number of hydrogen-bond donors (Lipinski definition) is 0. The van der Waals surface area contributed by atoms with Gasteiger partial charge in [-0.3, -0.25) is 4.90 Å². The number of halogens is 1. The average Bonchev–Trinajstić information content (AvgIpc) is 2.71. The van der Waals surface area contributed by atoms with E-state index in [1.165, 1.54) is 17.7 Å². The molecule has 4 heteroatoms. The Balaban J connectivity index is 2.04. The van der Waals surface area contributed by atoms with Gasteiger partial charge in [-0.05, 0) is 68.8 Å². The van der Waals surface area contributed by atoms with Gasteiger partial charge < -0.3 is 4.74 Å². The van der Waals surface area contributed by atoms with Crippen LogP contribution in [0.15, 0.2) is 60.7 Å². The number of ether oxygens (including phenoxy) is 1. The van der Waals surface area contributed by atoms with Gasteiger partial charge in [0, 0.05) is 18.5 Å². The van der Waals surface area contributed by atoms with E-state index in [9.17, 15) is 4.39 Å². The third-order valence-corrected chi connectivity index (χ3v) is 6.21. The van der Waals surface area contributed by atoms with Crippen molar-refractivity contribution in [2.45, 2.75) is 53.1 Å². The van der Waals surface area contributed by atoms with Crippen LogP contribution in [0.25, 0.3) is 0 Å². The summed E-state index contributed by atoms with van der Waals surface area (Å²) in [5, 5.41) is 0. The lowest BCUT2D eigenvalue weighted by atomic mass is 9.98. The Morgan fingerprint density at radius 2 is 1.84 bits per heavy atom. The highest BCUT2D eigenvalue weighted by atomic mass is 28.3. The van der Waals surface area contributed by atoms with Gasteiger partial charge in [-0.1, -0.05) is 62.2 Å². The van der Waals surface area contributed by atoms with Crippen molar-refractivity contribution in [1.29, 1.82) is 0 Å². The number of nitrogens with zero attached hydrogens (tertiary/aromatic N) is 1. The fraction of sp³-hybridized carbons (Fsp3) is 0.407. The van der Waals surface area contributed by atoms with Crippen LogP contribution in [0.5, 0.6) is 5.75 Å². The summed E-state index contributed by atoms with van der Waals surface area (Å²) < 4.78 is 19.7. The molecule has 0 fully saturated rings. The van der Waals surface area contributed by atoms with Crippen molar-refractivity contribution in [3.8, 4) is 17.6 Å². The van der Waals surface area contributed by atoms with Crippen molar-refractivity contribution in [2.75, 3.05) is 13.1 Å². The first-order valence-corrected chi connectivity index (χ1v) is 13.5. The van der Waals surface area contributed by atoms with Crippen LogP contribution in [0.3, 0.4) is 0 Å². The standard InChI is InChI=1S/C27H35FNOSi/c1-7-29(19-10-8-9-18-27(2,3)4)21-22-12-11-13-25(20-22)30-26(31(5)6)23-14-16-24(28)17-15-23/h8,10-17,20,26H,7,19,21H2,1-6H3/b10-8+. The molecule has 0 N–H and O–H groups in total. The largest absolute Gasteiger partial charge is 0.490 e. The first kappa shape index (κ1) is 24.9. The number of rotatable bonds is 9. The zero-order chi connectivity index (χ0) is 22.9. The Labute approximate surface area is 189 Å². The second kappa shape index (κ2) is 11.9. The van der Waals surface area contributed by atoms with Crippen molar-refractivity contribution in [2.24, 2.45) is 5.41 Å². The summed E-state index contributed by atoms with van der Waals surface area (Å²) in [7, 11) is -0.780. The van der Waals surface area contributed by atoms with Crippen LogP contribution in [-0.4, -0.2) is 26.8 Å². The Hall–Kier alpha value is -2.35. The van der Waals surface area contributed by atoms with Crippen molar-refractivity contribution in [1.82, 2.24) is 4.90 Å². The Morgan fingerprint density at radius 1 is 1.13 bits per heavy atom. The highest BCUT2D eigenvalue weighted by Crippen LogP contribution is 2.26. The van der Waals surface area contributed by atoms with Crippen molar-refractivity contribution in [3.05, 3.63) is 77.6 Å². The molecular formula is C27H35FNOSi. The molecule has 2 rings (SSSR count). The fourth-order valence-corrected chi connectivity index (χ4v) is 4.32. The van der Waals surface area contributed by atoms with Crippen LogP contribution >= 0.6 is 0 Å². The van der Waals surface area contributed by atoms with Gasteiger partial charge in [-0.2, -0.15) is 0 Å². The van der Waals surface area contributed by atoms with Crippen LogP contribution < -0.4 is 4.74 Å². The molecule has 0 aliphatic rings. The van der Waals surface area contributed by atoms with Gasteiger partial charge in [0.1, 0.15) is 26.1 Å². The number of allylic oxidation sites excluding steroid dienone is 1. The molecule has 2 aromatic carbocycles. The maximum absolute atomic E-state index is 13.3. The third-order valence-electron chi connectivity index (χ3n) is 4.71. The monoisotopic (exact) mass is 436 g/mol. The Kier molecular flexibility index (Phi) is 9.55. The van der Waals surface area contributed by atoms with E-state index in [1.54, 1.807) is 0 Å². The molecule has 0 aromatic heterocycles. The highest BCUT2D eigenvalue weighted by molar-refractivity contribution is 6.57. The normalized spacial score (nSPS) is 12.8. The second-order valence-electron chi connectivity index (χ2n) is 9.02. The summed E-state index contributed by atoms with van der Waals surface area (Å²) in [6.45, 7) is 15.6. The van der Waals surface area contributed by atoms with E-state index in [1.807, 2.05) is 30.3 Å². The van der Waals surface area contributed by atoms with Crippen LogP contribution in [0.2, 0.25) is 13.1 Å². The summed E-state index contributed by atoms with van der Waals surface area (Å²) >= 11 is 0. The Bertz CT molecular complexity index is 903. The summed E-state index contributed by atoms with van der Waals surface area (Å²) in [5.74, 6) is 7.00. The molecule has 0 spiro atoms. The van der Waals surface area contributed by atoms with Crippen LogP contribution in [0, 0.1) is 23.1 Å². The molecule has 2 nitrogen and oxygen atoms in total. The Morgan fingerprint density at radius 3 is 2.45 bits per heavy atom. The van der Waals surface area contributed by atoms with E-state index in [2.05, 4.69) is 75.7 Å². The quantitative estimate of drug-likeness (QED) is 0.322. The lowest BCUT2D eigenvalue weighted by Gasteiger charge is -2.23. The summed E-state index contributed by atoms with van der Waals surface area (Å²) in [6, 6.07) is 15.0. The molecule has 165 valence electrons. The molecule has 0 aliphatic carbocycles. The molecule has 0 aliphatic heterocycles. The molecule has 0 heterocycles. The van der Waals surface area contributed by atoms with Gasteiger partial charge in [0.25, 0.3) is 0 Å². The maximum Gasteiger partial charge on any atom is 0.123 e. The third kappa shape index (κ3) is 9.12. The first-order valence-electron chi connectivity index (χ1n) is 10.9. The van der Waals surface area contributed by atoms with Gasteiger partial charge in [-0.15, -0.1) is 0 Å². The number of likely N-dealkylation sites (N-methyl/N-ethyl adjacent to an activating group) is 1. The smallest absolute Gasteiger partial charge is 0.123 e. The SMILES string of the molecule is CCN(C/C=C/C#CC(C)(C)C)Cc1cccc(OC(c2ccc(F)cc2)[Si](C)C)c1. The van der Waals surface area contributed by atoms with Gasteiger partial charge in [-0.25, -0.2) is 4.39 Å². The van der Waals surface area contributed by atoms with Crippen LogP contribution in [0.4, 0.5) is 4.39 Å². The molecule has 0 saturated heterocycles. The molecule has 0 amide bonds. The molecule has 31 heavy (non-hydrogen) atoms. The topological polar surface area (TPSA) is 12.5 Å². The van der Waals surface area contributed by atoms with E-state index in [0.29, 0.717) is 0 Å². The van der Waals surface area contributed by atoms with Crippen molar-refractivity contribution < 1.29 is 9.13 Å². The molecular weight excluding hydrogens is 401 g/mol. The molecule has 2 aromatic rings. The van der Waals surface area contributed by atoms with E-state index in [-0.39, 0.29) is 17.0 Å². The zero-order valence-corrected chi connectivity index (χ0v) is 20.7. The summed E-state index contributed by atoms with van der Waals surface area (Å²) in [5.41, 5.74) is 2.25. The van der Waals surface area contributed by atoms with Crippen molar-refractivity contribution >= 4 is 8.80 Å². The van der Waals surface area contributed by atoms with Gasteiger partial charge in [0.15, 0.2) is 0 Å². The van der Waals surface area contributed by atoms with E-state index in [0.717, 1.165) is 30.9 Å². The summed E-state index contributed by atoms with van der Waals surface area (Å²) in [6.07, 6.45) is 4.07. The van der Waals surface area contributed by atoms with Gasteiger partial charge in [0.05, 0.1) is 0 Å². The van der Waals surface area contributed by atoms with Gasteiger partial charge >= 0.3 is 0 Å². The van der Waals surface area contributed by atoms with E-state index < -0.39 is 8.80 Å². The zero-order valence-electron chi connectivity index (χ0n) is 19.7. The minimum atomic E-state index is -0.780. The minimum Gasteiger partial charge on any atom is -0.490 e. The maximum atomic E-state index is 13.3. The molecule has 0 saturated carbocycles. The van der Waals surface area contributed by atoms with Crippen molar-refractivity contribution in [3.63, 3.8) is 0 Å². The lowest BCUT2D eigenvalue weighted by Crippen LogP contribution is -2.23. The lowest BCUT2D eigenvalue weighted by molar-refractivity contribution is 0.278. The first-order chi connectivity index (χ1) is 14.7. The molecule has 0 bridgehead atoms. The minimum absolute atomic E-state index is 0.0209. The molecule has 1 radical (unpaired) electrons. The second-order valence-corrected chi connectivity index (χ2v) is 11.7. The van der Waals surface area contributed by atoms with E-state index in [4.69, 9.17) is 4.74 Å². The van der Waals surface area contributed by atoms with E-state index >= 15 is 0 Å². The molecule has 1 atom stereocenters. The number of benzene rings is 2. The highest BCUT2D eigenvalue weighted by Gasteiger charge is 2.19. The predicted octanol–water partition coefficient (Wildman–Crippen LogP) is 6.67.